The third-order valence-electron chi connectivity index (χ3n) is 3.74. The van der Waals surface area contributed by atoms with Crippen molar-refractivity contribution in [3.63, 3.8) is 0 Å². The molecule has 10 heteroatoms. The fourth-order valence-corrected chi connectivity index (χ4v) is 3.74. The van der Waals surface area contributed by atoms with Crippen LogP contribution >= 0.6 is 39.3 Å². The number of aromatic nitrogens is 2. The van der Waals surface area contributed by atoms with Gasteiger partial charge in [-0.2, -0.15) is 18.3 Å². The zero-order valence-electron chi connectivity index (χ0n) is 15.0. The predicted molar refractivity (Wildman–Crippen MR) is 110 cm³/mol. The molecule has 29 heavy (non-hydrogen) atoms. The zero-order chi connectivity index (χ0) is 21.0. The molecule has 0 spiro atoms. The van der Waals surface area contributed by atoms with Gasteiger partial charge in [-0.15, -0.1) is 0 Å². The molecule has 0 atom stereocenters. The second-order valence-electron chi connectivity index (χ2n) is 5.87. The SMILES string of the molecule is Cn1nc(C(F)(F)F)c(CO/N=C/c2ccc(Cl)cc2)c1Sc1ccc(Br)cc1. The topological polar surface area (TPSA) is 39.4 Å². The molecule has 0 fully saturated rings. The van der Waals surface area contributed by atoms with E-state index >= 15 is 0 Å². The summed E-state index contributed by atoms with van der Waals surface area (Å²) in [6.45, 7) is -0.369. The van der Waals surface area contributed by atoms with Gasteiger partial charge in [0, 0.05) is 21.4 Å². The van der Waals surface area contributed by atoms with Crippen LogP contribution in [0.1, 0.15) is 16.8 Å². The first-order valence-corrected chi connectivity index (χ1v) is 10.2. The van der Waals surface area contributed by atoms with Crippen molar-refractivity contribution in [3.8, 4) is 0 Å². The van der Waals surface area contributed by atoms with Gasteiger partial charge in [0.2, 0.25) is 0 Å². The van der Waals surface area contributed by atoms with Gasteiger partial charge < -0.3 is 4.84 Å². The quantitative estimate of drug-likeness (QED) is 0.282. The first-order chi connectivity index (χ1) is 13.7. The molecule has 1 heterocycles. The molecule has 2 aromatic carbocycles. The molecule has 3 rings (SSSR count). The van der Waals surface area contributed by atoms with E-state index in [0.717, 1.165) is 9.37 Å². The number of hydrogen-bond acceptors (Lipinski definition) is 4. The molecule has 152 valence electrons. The number of nitrogens with zero attached hydrogens (tertiary/aromatic N) is 3. The molecule has 0 saturated heterocycles. The van der Waals surface area contributed by atoms with Crippen LogP contribution in [0.15, 0.2) is 68.1 Å². The lowest BCUT2D eigenvalue weighted by molar-refractivity contribution is -0.142. The van der Waals surface area contributed by atoms with Crippen molar-refractivity contribution in [1.29, 1.82) is 0 Å². The highest BCUT2D eigenvalue weighted by Gasteiger charge is 2.39. The van der Waals surface area contributed by atoms with Crippen LogP contribution in [0.2, 0.25) is 5.02 Å². The average molecular weight is 505 g/mol. The van der Waals surface area contributed by atoms with Gasteiger partial charge in [0.05, 0.1) is 11.8 Å². The van der Waals surface area contributed by atoms with Crippen LogP contribution in [0.3, 0.4) is 0 Å². The maximum absolute atomic E-state index is 13.4. The van der Waals surface area contributed by atoms with Crippen molar-refractivity contribution in [2.24, 2.45) is 12.2 Å². The van der Waals surface area contributed by atoms with Crippen LogP contribution in [0.4, 0.5) is 13.2 Å². The van der Waals surface area contributed by atoms with Gasteiger partial charge in [-0.05, 0) is 42.0 Å². The van der Waals surface area contributed by atoms with Crippen LogP contribution in [-0.4, -0.2) is 16.0 Å². The summed E-state index contributed by atoms with van der Waals surface area (Å²) in [4.78, 5) is 5.94. The summed E-state index contributed by atoms with van der Waals surface area (Å²) < 4.78 is 42.4. The minimum absolute atomic E-state index is 0.0684. The fraction of sp³-hybridized carbons (Fsp3) is 0.158. The largest absolute Gasteiger partial charge is 0.435 e. The molecular weight excluding hydrogens is 491 g/mol. The van der Waals surface area contributed by atoms with Gasteiger partial charge in [-0.1, -0.05) is 56.6 Å². The Morgan fingerprint density at radius 1 is 1.17 bits per heavy atom. The molecular formula is C19H14BrClF3N3OS. The van der Waals surface area contributed by atoms with Gasteiger partial charge in [0.15, 0.2) is 5.69 Å². The first-order valence-electron chi connectivity index (χ1n) is 8.21. The fourth-order valence-electron chi connectivity index (χ4n) is 2.40. The molecule has 0 radical (unpaired) electrons. The van der Waals surface area contributed by atoms with Crippen LogP contribution in [-0.2, 0) is 24.7 Å². The third-order valence-corrected chi connectivity index (χ3v) is 5.73. The van der Waals surface area contributed by atoms with Crippen LogP contribution in [0, 0.1) is 0 Å². The Morgan fingerprint density at radius 2 is 1.83 bits per heavy atom. The monoisotopic (exact) mass is 503 g/mol. The van der Waals surface area contributed by atoms with E-state index in [9.17, 15) is 13.2 Å². The predicted octanol–water partition coefficient (Wildman–Crippen LogP) is 6.56. The van der Waals surface area contributed by atoms with Crippen molar-refractivity contribution < 1.29 is 18.0 Å². The maximum atomic E-state index is 13.4. The van der Waals surface area contributed by atoms with Crippen LogP contribution in [0.5, 0.6) is 0 Å². The lowest BCUT2D eigenvalue weighted by atomic mass is 10.2. The van der Waals surface area contributed by atoms with Crippen molar-refractivity contribution in [1.82, 2.24) is 9.78 Å². The summed E-state index contributed by atoms with van der Waals surface area (Å²) in [7, 11) is 1.47. The molecule has 0 aliphatic rings. The van der Waals surface area contributed by atoms with E-state index in [1.54, 1.807) is 36.4 Å². The Balaban J connectivity index is 1.82. The molecule has 3 aromatic rings. The maximum Gasteiger partial charge on any atom is 0.435 e. The normalized spacial score (nSPS) is 11.9. The number of rotatable bonds is 6. The van der Waals surface area contributed by atoms with E-state index in [1.165, 1.54) is 29.7 Å². The lowest BCUT2D eigenvalue weighted by Gasteiger charge is -2.08. The summed E-state index contributed by atoms with van der Waals surface area (Å²) in [6.07, 6.45) is -3.20. The first kappa shape index (κ1) is 21.7. The van der Waals surface area contributed by atoms with Gasteiger partial charge in [0.25, 0.3) is 0 Å². The van der Waals surface area contributed by atoms with E-state index in [1.807, 2.05) is 12.1 Å². The highest BCUT2D eigenvalue weighted by Crippen LogP contribution is 2.39. The minimum atomic E-state index is -4.60. The van der Waals surface area contributed by atoms with E-state index in [-0.39, 0.29) is 12.2 Å². The highest BCUT2D eigenvalue weighted by atomic mass is 79.9. The highest BCUT2D eigenvalue weighted by molar-refractivity contribution is 9.10. The van der Waals surface area contributed by atoms with Gasteiger partial charge in [-0.25, -0.2) is 0 Å². The van der Waals surface area contributed by atoms with Crippen molar-refractivity contribution >= 4 is 45.5 Å². The minimum Gasteiger partial charge on any atom is -0.391 e. The summed E-state index contributed by atoms with van der Waals surface area (Å²) in [5, 5.41) is 8.33. The molecule has 0 amide bonds. The molecule has 0 bridgehead atoms. The Hall–Kier alpha value is -1.97. The van der Waals surface area contributed by atoms with Crippen molar-refractivity contribution in [2.45, 2.75) is 22.7 Å². The smallest absolute Gasteiger partial charge is 0.391 e. The number of benzene rings is 2. The molecule has 0 saturated carbocycles. The van der Waals surface area contributed by atoms with E-state index in [4.69, 9.17) is 16.4 Å². The lowest BCUT2D eigenvalue weighted by Crippen LogP contribution is -2.10. The summed E-state index contributed by atoms with van der Waals surface area (Å²) in [5.74, 6) is 0. The summed E-state index contributed by atoms with van der Waals surface area (Å²) >= 11 is 10.3. The second-order valence-corrected chi connectivity index (χ2v) is 8.28. The number of halogens is 5. The second kappa shape index (κ2) is 9.23. The van der Waals surface area contributed by atoms with Crippen LogP contribution in [0.25, 0.3) is 0 Å². The van der Waals surface area contributed by atoms with Crippen LogP contribution < -0.4 is 0 Å². The Kier molecular flexibility index (Phi) is 6.92. The standard InChI is InChI=1S/C19H14BrClF3N3OS/c1-27-18(29-15-8-4-13(20)5-9-15)16(17(26-27)19(22,23)24)11-28-25-10-12-2-6-14(21)7-3-12/h2-10H,11H2,1H3/b25-10+. The van der Waals surface area contributed by atoms with Crippen molar-refractivity contribution in [2.75, 3.05) is 0 Å². The molecule has 1 aromatic heterocycles. The van der Waals surface area contributed by atoms with E-state index in [0.29, 0.717) is 15.6 Å². The van der Waals surface area contributed by atoms with E-state index < -0.39 is 11.9 Å². The number of hydrogen-bond donors (Lipinski definition) is 0. The molecule has 0 unspecified atom stereocenters. The van der Waals surface area contributed by atoms with Crippen molar-refractivity contribution in [3.05, 3.63) is 74.8 Å². The Labute approximate surface area is 182 Å². The third kappa shape index (κ3) is 5.77. The zero-order valence-corrected chi connectivity index (χ0v) is 18.1. The average Bonchev–Trinajstić information content (AvgIpc) is 2.98. The number of oxime groups is 1. The van der Waals surface area contributed by atoms with Gasteiger partial charge >= 0.3 is 6.18 Å². The Bertz CT molecular complexity index is 1010. The molecule has 0 N–H and O–H groups in total. The van der Waals surface area contributed by atoms with E-state index in [2.05, 4.69) is 26.2 Å². The number of alkyl halides is 3. The van der Waals surface area contributed by atoms with Gasteiger partial charge in [0.1, 0.15) is 11.6 Å². The summed E-state index contributed by atoms with van der Waals surface area (Å²) in [6, 6.07) is 14.0. The van der Waals surface area contributed by atoms with Gasteiger partial charge in [-0.3, -0.25) is 4.68 Å². The molecule has 0 aliphatic heterocycles. The molecule has 0 aliphatic carbocycles. The summed E-state index contributed by atoms with van der Waals surface area (Å²) in [5.41, 5.74) is -0.344. The Morgan fingerprint density at radius 3 is 2.45 bits per heavy atom. The molecule has 4 nitrogen and oxygen atoms in total. The number of aryl methyl sites for hydroxylation is 1.